The molecule has 0 aromatic heterocycles. The fourth-order valence-electron chi connectivity index (χ4n) is 3.46. The van der Waals surface area contributed by atoms with Crippen LogP contribution in [0.1, 0.15) is 58.8 Å². The number of hydrogen-bond donors (Lipinski definition) is 1. The molecule has 1 saturated carbocycles. The third-order valence-corrected chi connectivity index (χ3v) is 4.75. The van der Waals surface area contributed by atoms with Gasteiger partial charge in [0.1, 0.15) is 0 Å². The lowest BCUT2D eigenvalue weighted by molar-refractivity contribution is 0.174. The SMILES string of the molecule is CCC1CN(C2CCCC(C)CC2)CCCN1. The van der Waals surface area contributed by atoms with Crippen LogP contribution in [0.25, 0.3) is 0 Å². The Morgan fingerprint density at radius 2 is 2.00 bits per heavy atom. The van der Waals surface area contributed by atoms with Crippen LogP contribution in [0.15, 0.2) is 0 Å². The molecule has 2 nitrogen and oxygen atoms in total. The van der Waals surface area contributed by atoms with Crippen molar-refractivity contribution in [3.8, 4) is 0 Å². The van der Waals surface area contributed by atoms with Crippen molar-refractivity contribution in [1.29, 1.82) is 0 Å². The van der Waals surface area contributed by atoms with Crippen molar-refractivity contribution in [2.45, 2.75) is 70.9 Å². The first-order valence-electron chi connectivity index (χ1n) is 7.77. The van der Waals surface area contributed by atoms with E-state index in [9.17, 15) is 0 Å². The zero-order valence-electron chi connectivity index (χ0n) is 11.8. The zero-order chi connectivity index (χ0) is 12.1. The van der Waals surface area contributed by atoms with Crippen LogP contribution in [0, 0.1) is 5.92 Å². The molecule has 3 atom stereocenters. The first-order chi connectivity index (χ1) is 8.29. The van der Waals surface area contributed by atoms with Gasteiger partial charge < -0.3 is 5.32 Å². The van der Waals surface area contributed by atoms with Crippen LogP contribution in [0.4, 0.5) is 0 Å². The molecule has 100 valence electrons. The second-order valence-corrected chi connectivity index (χ2v) is 6.18. The Morgan fingerprint density at radius 3 is 2.82 bits per heavy atom. The first-order valence-corrected chi connectivity index (χ1v) is 7.77. The molecule has 3 unspecified atom stereocenters. The molecule has 2 rings (SSSR count). The van der Waals surface area contributed by atoms with Crippen LogP contribution in [0.5, 0.6) is 0 Å². The second kappa shape index (κ2) is 6.75. The van der Waals surface area contributed by atoms with Gasteiger partial charge in [0.25, 0.3) is 0 Å². The van der Waals surface area contributed by atoms with Crippen LogP contribution in [0.3, 0.4) is 0 Å². The van der Waals surface area contributed by atoms with Gasteiger partial charge in [0.15, 0.2) is 0 Å². The quantitative estimate of drug-likeness (QED) is 0.744. The van der Waals surface area contributed by atoms with Gasteiger partial charge in [-0.25, -0.2) is 0 Å². The molecule has 0 spiro atoms. The first kappa shape index (κ1) is 13.4. The van der Waals surface area contributed by atoms with E-state index in [0.717, 1.165) is 18.0 Å². The Hall–Kier alpha value is -0.0800. The van der Waals surface area contributed by atoms with E-state index < -0.39 is 0 Å². The molecular weight excluding hydrogens is 208 g/mol. The molecule has 2 fully saturated rings. The van der Waals surface area contributed by atoms with Gasteiger partial charge in [0.05, 0.1) is 0 Å². The average Bonchev–Trinajstić information content (AvgIpc) is 2.69. The van der Waals surface area contributed by atoms with Gasteiger partial charge in [-0.3, -0.25) is 4.90 Å². The molecule has 1 aliphatic heterocycles. The van der Waals surface area contributed by atoms with Gasteiger partial charge in [-0.2, -0.15) is 0 Å². The molecule has 0 aromatic rings. The van der Waals surface area contributed by atoms with E-state index in [1.807, 2.05) is 0 Å². The number of nitrogens with one attached hydrogen (secondary N) is 1. The summed E-state index contributed by atoms with van der Waals surface area (Å²) < 4.78 is 0. The molecule has 0 amide bonds. The van der Waals surface area contributed by atoms with Crippen LogP contribution < -0.4 is 5.32 Å². The zero-order valence-corrected chi connectivity index (χ0v) is 11.8. The van der Waals surface area contributed by atoms with Crippen LogP contribution >= 0.6 is 0 Å². The third kappa shape index (κ3) is 3.96. The number of nitrogens with zero attached hydrogens (tertiary/aromatic N) is 1. The summed E-state index contributed by atoms with van der Waals surface area (Å²) >= 11 is 0. The van der Waals surface area contributed by atoms with E-state index in [1.165, 1.54) is 64.6 Å². The van der Waals surface area contributed by atoms with Crippen molar-refractivity contribution < 1.29 is 0 Å². The van der Waals surface area contributed by atoms with Gasteiger partial charge in [-0.15, -0.1) is 0 Å². The van der Waals surface area contributed by atoms with Crippen molar-refractivity contribution in [3.05, 3.63) is 0 Å². The van der Waals surface area contributed by atoms with E-state index in [0.29, 0.717) is 0 Å². The van der Waals surface area contributed by atoms with Crippen LogP contribution in [-0.4, -0.2) is 36.6 Å². The lowest BCUT2D eigenvalue weighted by atomic mass is 10.0. The molecule has 0 aromatic carbocycles. The Bertz CT molecular complexity index is 217. The fourth-order valence-corrected chi connectivity index (χ4v) is 3.46. The van der Waals surface area contributed by atoms with Crippen LogP contribution in [0.2, 0.25) is 0 Å². The summed E-state index contributed by atoms with van der Waals surface area (Å²) in [5, 5.41) is 3.68. The highest BCUT2D eigenvalue weighted by atomic mass is 15.2. The van der Waals surface area contributed by atoms with Gasteiger partial charge in [0.2, 0.25) is 0 Å². The fraction of sp³-hybridized carbons (Fsp3) is 1.00. The Morgan fingerprint density at radius 1 is 1.12 bits per heavy atom. The summed E-state index contributed by atoms with van der Waals surface area (Å²) in [6.45, 7) is 8.58. The normalized spacial score (nSPS) is 37.4. The maximum atomic E-state index is 3.68. The number of hydrogen-bond acceptors (Lipinski definition) is 2. The van der Waals surface area contributed by atoms with E-state index in [2.05, 4.69) is 24.1 Å². The highest BCUT2D eigenvalue weighted by Gasteiger charge is 2.25. The molecule has 2 heteroatoms. The summed E-state index contributed by atoms with van der Waals surface area (Å²) in [5.74, 6) is 0.965. The van der Waals surface area contributed by atoms with Gasteiger partial charge in [-0.1, -0.05) is 26.7 Å². The molecule has 2 aliphatic rings. The maximum absolute atomic E-state index is 3.68. The topological polar surface area (TPSA) is 15.3 Å². The summed E-state index contributed by atoms with van der Waals surface area (Å²) in [6.07, 6.45) is 9.86. The standard InChI is InChI=1S/C15H30N2/c1-3-14-12-17(11-5-10-16-14)15-7-4-6-13(2)8-9-15/h13-16H,3-12H2,1-2H3. The van der Waals surface area contributed by atoms with E-state index in [1.54, 1.807) is 0 Å². The minimum atomic E-state index is 0.734. The van der Waals surface area contributed by atoms with E-state index >= 15 is 0 Å². The van der Waals surface area contributed by atoms with Crippen molar-refractivity contribution in [2.75, 3.05) is 19.6 Å². The molecule has 1 N–H and O–H groups in total. The third-order valence-electron chi connectivity index (χ3n) is 4.75. The summed E-state index contributed by atoms with van der Waals surface area (Å²) in [5.41, 5.74) is 0. The lowest BCUT2D eigenvalue weighted by Crippen LogP contribution is -2.42. The number of rotatable bonds is 2. The van der Waals surface area contributed by atoms with Crippen molar-refractivity contribution in [1.82, 2.24) is 10.2 Å². The highest BCUT2D eigenvalue weighted by Crippen LogP contribution is 2.26. The smallest absolute Gasteiger partial charge is 0.0192 e. The summed E-state index contributed by atoms with van der Waals surface area (Å²) in [6, 6.07) is 1.62. The average molecular weight is 238 g/mol. The van der Waals surface area contributed by atoms with Crippen LogP contribution in [-0.2, 0) is 0 Å². The van der Waals surface area contributed by atoms with E-state index in [4.69, 9.17) is 0 Å². The Labute approximate surface area is 107 Å². The largest absolute Gasteiger partial charge is 0.313 e. The minimum absolute atomic E-state index is 0.734. The summed E-state index contributed by atoms with van der Waals surface area (Å²) in [4.78, 5) is 2.80. The Balaban J connectivity index is 1.90. The van der Waals surface area contributed by atoms with Crippen molar-refractivity contribution in [2.24, 2.45) is 5.92 Å². The molecule has 1 aliphatic carbocycles. The second-order valence-electron chi connectivity index (χ2n) is 6.18. The molecule has 1 heterocycles. The predicted molar refractivity (Wildman–Crippen MR) is 74.3 cm³/mol. The monoisotopic (exact) mass is 238 g/mol. The van der Waals surface area contributed by atoms with Crippen molar-refractivity contribution in [3.63, 3.8) is 0 Å². The predicted octanol–water partition coefficient (Wildman–Crippen LogP) is 3.03. The molecule has 17 heavy (non-hydrogen) atoms. The van der Waals surface area contributed by atoms with Gasteiger partial charge >= 0.3 is 0 Å². The van der Waals surface area contributed by atoms with Gasteiger partial charge in [-0.05, 0) is 51.1 Å². The van der Waals surface area contributed by atoms with Gasteiger partial charge in [0, 0.05) is 18.6 Å². The highest BCUT2D eigenvalue weighted by molar-refractivity contribution is 4.82. The molecule has 0 bridgehead atoms. The lowest BCUT2D eigenvalue weighted by Gasteiger charge is -2.31. The summed E-state index contributed by atoms with van der Waals surface area (Å²) in [7, 11) is 0. The molecular formula is C15H30N2. The minimum Gasteiger partial charge on any atom is -0.313 e. The Kier molecular flexibility index (Phi) is 5.30. The van der Waals surface area contributed by atoms with E-state index in [-0.39, 0.29) is 0 Å². The van der Waals surface area contributed by atoms with Crippen molar-refractivity contribution >= 4 is 0 Å². The molecule has 0 radical (unpaired) electrons. The maximum Gasteiger partial charge on any atom is 0.0192 e. The molecule has 1 saturated heterocycles.